The number of thiophene rings is 1. The fraction of sp³-hybridized carbons (Fsp3) is 0.467. The molecule has 0 saturated heterocycles. The molecule has 4 heterocycles. The van der Waals surface area contributed by atoms with E-state index in [9.17, 15) is 10.1 Å². The monoisotopic (exact) mass is 346 g/mol. The molecule has 0 spiro atoms. The Morgan fingerprint density at radius 3 is 2.88 bits per heavy atom. The lowest BCUT2D eigenvalue weighted by atomic mass is 9.92. The van der Waals surface area contributed by atoms with Crippen LogP contribution in [-0.2, 0) is 5.41 Å². The zero-order valence-corrected chi connectivity index (χ0v) is 14.5. The van der Waals surface area contributed by atoms with E-state index in [1.54, 1.807) is 6.07 Å². The molecule has 0 saturated carbocycles. The number of rotatable bonds is 2. The Kier molecular flexibility index (Phi) is 3.17. The summed E-state index contributed by atoms with van der Waals surface area (Å²) in [6.45, 7) is 7.83. The number of aliphatic imine (C=N–C) groups is 1. The normalized spacial score (nSPS) is 19.5. The minimum Gasteiger partial charge on any atom is -0.345 e. The number of nitrogens with zero attached hydrogens (tertiary/aromatic N) is 5. The van der Waals surface area contributed by atoms with Crippen molar-refractivity contribution in [3.63, 3.8) is 0 Å². The third-order valence-electron chi connectivity index (χ3n) is 4.18. The number of aromatic nitrogens is 2. The summed E-state index contributed by atoms with van der Waals surface area (Å²) in [5, 5.41) is 19.3. The summed E-state index contributed by atoms with van der Waals surface area (Å²) in [5.74, 6) is 1.68. The highest BCUT2D eigenvalue weighted by atomic mass is 32.1. The van der Waals surface area contributed by atoms with Crippen LogP contribution in [0.2, 0.25) is 0 Å². The number of hydrogen-bond donors (Lipinski definition) is 1. The van der Waals surface area contributed by atoms with E-state index in [1.807, 2.05) is 16.8 Å². The van der Waals surface area contributed by atoms with Crippen molar-refractivity contribution in [1.29, 1.82) is 0 Å². The van der Waals surface area contributed by atoms with Crippen LogP contribution < -0.4 is 5.32 Å². The Bertz CT molecular complexity index is 847. The Hall–Kier alpha value is -2.42. The molecule has 126 valence electrons. The van der Waals surface area contributed by atoms with Gasteiger partial charge in [0.15, 0.2) is 0 Å². The van der Waals surface area contributed by atoms with Crippen LogP contribution in [0.1, 0.15) is 37.5 Å². The molecule has 4 rings (SSSR count). The van der Waals surface area contributed by atoms with Gasteiger partial charge in [-0.15, -0.1) is 0 Å². The molecular weight excluding hydrogens is 328 g/mol. The predicted octanol–water partition coefficient (Wildman–Crippen LogP) is 2.79. The maximum atomic E-state index is 11.0. The lowest BCUT2D eigenvalue weighted by molar-refractivity contribution is -0.380. The third-order valence-corrected chi connectivity index (χ3v) is 5.27. The molecule has 2 aliphatic rings. The summed E-state index contributed by atoms with van der Waals surface area (Å²) in [4.78, 5) is 18.2. The number of nitro groups is 1. The first-order chi connectivity index (χ1) is 11.3. The lowest BCUT2D eigenvalue weighted by Gasteiger charge is -2.35. The average Bonchev–Trinajstić information content (AvgIpc) is 3.23. The summed E-state index contributed by atoms with van der Waals surface area (Å²) in [7, 11) is 0. The highest BCUT2D eigenvalue weighted by Gasteiger charge is 2.37. The zero-order valence-electron chi connectivity index (χ0n) is 13.7. The summed E-state index contributed by atoms with van der Waals surface area (Å²) in [6.07, 6.45) is -0.151. The van der Waals surface area contributed by atoms with E-state index in [4.69, 9.17) is 5.10 Å². The molecule has 0 bridgehead atoms. The summed E-state index contributed by atoms with van der Waals surface area (Å²) < 4.78 is 1.84. The molecule has 2 aliphatic heterocycles. The van der Waals surface area contributed by atoms with Crippen molar-refractivity contribution < 1.29 is 4.92 Å². The number of anilines is 1. The summed E-state index contributed by atoms with van der Waals surface area (Å²) in [5.41, 5.74) is 0.921. The SMILES string of the molecule is CC(C)(C)c1cc2n(n1)C1=NCCN1[C@H](c1ccc([N+](=O)[O-])s1)N2. The van der Waals surface area contributed by atoms with Gasteiger partial charge in [0, 0.05) is 24.1 Å². The average molecular weight is 346 g/mol. The molecule has 1 N–H and O–H groups in total. The van der Waals surface area contributed by atoms with Crippen molar-refractivity contribution >= 4 is 28.1 Å². The van der Waals surface area contributed by atoms with Crippen LogP contribution in [0.3, 0.4) is 0 Å². The fourth-order valence-electron chi connectivity index (χ4n) is 2.91. The van der Waals surface area contributed by atoms with Crippen LogP contribution in [0.4, 0.5) is 10.8 Å². The number of hydrogen-bond acceptors (Lipinski definition) is 7. The molecule has 0 aromatic carbocycles. The molecule has 9 heteroatoms. The van der Waals surface area contributed by atoms with E-state index in [2.05, 4.69) is 36.0 Å². The van der Waals surface area contributed by atoms with Gasteiger partial charge in [-0.3, -0.25) is 10.1 Å². The molecule has 8 nitrogen and oxygen atoms in total. The molecule has 0 fully saturated rings. The highest BCUT2D eigenvalue weighted by molar-refractivity contribution is 7.15. The van der Waals surface area contributed by atoms with Gasteiger partial charge in [-0.1, -0.05) is 32.1 Å². The molecule has 2 aromatic heterocycles. The zero-order chi connectivity index (χ0) is 17.1. The Balaban J connectivity index is 1.75. The van der Waals surface area contributed by atoms with Gasteiger partial charge in [0.25, 0.3) is 0 Å². The van der Waals surface area contributed by atoms with E-state index >= 15 is 0 Å². The summed E-state index contributed by atoms with van der Waals surface area (Å²) in [6, 6.07) is 5.40. The standard InChI is InChI=1S/C15H18N6O2S/c1-15(2,3)10-8-11-17-13(9-4-5-12(24-9)21(22)23)19-7-6-16-14(19)20(11)18-10/h4-5,8,13,17H,6-7H2,1-3H3/t13-/m1/s1. The maximum absolute atomic E-state index is 11.0. The first-order valence-electron chi connectivity index (χ1n) is 7.77. The van der Waals surface area contributed by atoms with Gasteiger partial charge in [0.1, 0.15) is 12.0 Å². The highest BCUT2D eigenvalue weighted by Crippen LogP contribution is 2.37. The van der Waals surface area contributed by atoms with Gasteiger partial charge >= 0.3 is 5.00 Å². The minimum atomic E-state index is -0.349. The molecule has 0 radical (unpaired) electrons. The fourth-order valence-corrected chi connectivity index (χ4v) is 3.80. The molecular formula is C15H18N6O2S. The number of nitrogens with one attached hydrogen (secondary N) is 1. The van der Waals surface area contributed by atoms with Crippen LogP contribution in [0.25, 0.3) is 0 Å². The van der Waals surface area contributed by atoms with E-state index < -0.39 is 0 Å². The van der Waals surface area contributed by atoms with Crippen LogP contribution in [0.15, 0.2) is 23.2 Å². The molecule has 0 amide bonds. The van der Waals surface area contributed by atoms with Crippen molar-refractivity contribution in [1.82, 2.24) is 14.7 Å². The van der Waals surface area contributed by atoms with Crippen molar-refractivity contribution in [2.45, 2.75) is 32.4 Å². The van der Waals surface area contributed by atoms with Crippen molar-refractivity contribution in [3.05, 3.63) is 38.9 Å². The Labute approximate surface area is 143 Å². The van der Waals surface area contributed by atoms with Crippen LogP contribution in [0.5, 0.6) is 0 Å². The second kappa shape index (κ2) is 5.04. The van der Waals surface area contributed by atoms with E-state index in [0.717, 1.165) is 28.9 Å². The van der Waals surface area contributed by atoms with Gasteiger partial charge in [-0.05, 0) is 6.07 Å². The summed E-state index contributed by atoms with van der Waals surface area (Å²) >= 11 is 1.20. The predicted molar refractivity (Wildman–Crippen MR) is 92.7 cm³/mol. The Morgan fingerprint density at radius 1 is 1.42 bits per heavy atom. The molecule has 0 aliphatic carbocycles. The minimum absolute atomic E-state index is 0.0623. The van der Waals surface area contributed by atoms with Gasteiger partial charge in [-0.25, -0.2) is 4.99 Å². The van der Waals surface area contributed by atoms with Gasteiger partial charge in [-0.2, -0.15) is 9.78 Å². The molecule has 1 atom stereocenters. The van der Waals surface area contributed by atoms with Crippen LogP contribution in [-0.4, -0.2) is 38.7 Å². The van der Waals surface area contributed by atoms with Crippen LogP contribution >= 0.6 is 11.3 Å². The van der Waals surface area contributed by atoms with Crippen molar-refractivity contribution in [3.8, 4) is 0 Å². The van der Waals surface area contributed by atoms with Crippen LogP contribution in [0, 0.1) is 10.1 Å². The second-order valence-electron chi connectivity index (χ2n) is 6.93. The Morgan fingerprint density at radius 2 is 2.21 bits per heavy atom. The first kappa shape index (κ1) is 15.1. The third kappa shape index (κ3) is 2.27. The molecule has 24 heavy (non-hydrogen) atoms. The second-order valence-corrected chi connectivity index (χ2v) is 8.03. The molecule has 2 aromatic rings. The van der Waals surface area contributed by atoms with E-state index in [0.29, 0.717) is 6.54 Å². The quantitative estimate of drug-likeness (QED) is 0.667. The number of fused-ring (bicyclic) bond motifs is 3. The van der Waals surface area contributed by atoms with Crippen molar-refractivity contribution in [2.75, 3.05) is 18.4 Å². The van der Waals surface area contributed by atoms with Gasteiger partial charge < -0.3 is 10.2 Å². The van der Waals surface area contributed by atoms with Crippen molar-refractivity contribution in [2.24, 2.45) is 4.99 Å². The first-order valence-corrected chi connectivity index (χ1v) is 8.59. The maximum Gasteiger partial charge on any atom is 0.324 e. The van der Waals surface area contributed by atoms with E-state index in [1.165, 1.54) is 11.3 Å². The largest absolute Gasteiger partial charge is 0.345 e. The topological polar surface area (TPSA) is 88.6 Å². The smallest absolute Gasteiger partial charge is 0.324 e. The van der Waals surface area contributed by atoms with E-state index in [-0.39, 0.29) is 21.5 Å². The van der Waals surface area contributed by atoms with Gasteiger partial charge in [0.2, 0.25) is 5.96 Å². The molecule has 0 unspecified atom stereocenters. The lowest BCUT2D eigenvalue weighted by Crippen LogP contribution is -2.44. The van der Waals surface area contributed by atoms with Gasteiger partial charge in [0.05, 0.1) is 22.0 Å².